The summed E-state index contributed by atoms with van der Waals surface area (Å²) in [5.41, 5.74) is 0.349. The first-order valence-corrected chi connectivity index (χ1v) is 9.71. The number of benzene rings is 1. The third-order valence-electron chi connectivity index (χ3n) is 6.49. The van der Waals surface area contributed by atoms with Gasteiger partial charge in [0.25, 0.3) is 0 Å². The molecule has 154 valence electrons. The summed E-state index contributed by atoms with van der Waals surface area (Å²) >= 11 is 0. The molecule has 1 heterocycles. The fourth-order valence-corrected chi connectivity index (χ4v) is 4.26. The van der Waals surface area contributed by atoms with Gasteiger partial charge in [-0.15, -0.1) is 0 Å². The second kappa shape index (κ2) is 8.25. The van der Waals surface area contributed by atoms with Gasteiger partial charge in [0.1, 0.15) is 0 Å². The van der Waals surface area contributed by atoms with Crippen molar-refractivity contribution in [3.63, 3.8) is 0 Å². The van der Waals surface area contributed by atoms with Crippen LogP contribution in [-0.4, -0.2) is 45.3 Å². The van der Waals surface area contributed by atoms with Crippen LogP contribution in [0.4, 0.5) is 5.69 Å². The van der Waals surface area contributed by atoms with E-state index in [9.17, 15) is 9.59 Å². The van der Waals surface area contributed by atoms with Gasteiger partial charge < -0.3 is 19.7 Å². The van der Waals surface area contributed by atoms with Crippen LogP contribution in [0.15, 0.2) is 36.0 Å². The van der Waals surface area contributed by atoms with Crippen LogP contribution in [-0.2, 0) is 24.5 Å². The maximum atomic E-state index is 13.0. The van der Waals surface area contributed by atoms with Gasteiger partial charge in [0, 0.05) is 36.4 Å². The molecule has 1 N–H and O–H groups in total. The molecule has 0 spiro atoms. The number of rotatable bonds is 6. The molecule has 0 saturated heterocycles. The van der Waals surface area contributed by atoms with Crippen LogP contribution in [0.3, 0.4) is 0 Å². The van der Waals surface area contributed by atoms with Crippen molar-refractivity contribution >= 4 is 17.6 Å². The molecule has 0 bridgehead atoms. The molecule has 3 unspecified atom stereocenters. The number of esters is 2. The van der Waals surface area contributed by atoms with Gasteiger partial charge in [-0.3, -0.25) is 4.79 Å². The van der Waals surface area contributed by atoms with E-state index in [4.69, 9.17) is 9.47 Å². The minimum Gasteiger partial charge on any atom is -0.469 e. The minimum absolute atomic E-state index is 0.254. The topological polar surface area (TPSA) is 67.9 Å². The van der Waals surface area contributed by atoms with Crippen LogP contribution >= 0.6 is 0 Å². The monoisotopic (exact) mass is 388 g/mol. The van der Waals surface area contributed by atoms with Crippen molar-refractivity contribution < 1.29 is 19.1 Å². The molecule has 1 aromatic carbocycles. The second-order valence-electron chi connectivity index (χ2n) is 7.48. The van der Waals surface area contributed by atoms with E-state index in [0.717, 1.165) is 24.3 Å². The highest BCUT2D eigenvalue weighted by Crippen LogP contribution is 2.52. The Morgan fingerprint density at radius 3 is 2.32 bits per heavy atom. The van der Waals surface area contributed by atoms with Crippen molar-refractivity contribution in [1.82, 2.24) is 5.32 Å². The lowest BCUT2D eigenvalue weighted by Gasteiger charge is -2.51. The highest BCUT2D eigenvalue weighted by molar-refractivity contribution is 5.95. The molecule has 0 radical (unpaired) electrons. The first-order valence-electron chi connectivity index (χ1n) is 9.71. The lowest BCUT2D eigenvalue weighted by molar-refractivity contribution is -0.158. The number of carbonyl (C=O) groups is 2. The molecule has 0 fully saturated rings. The SMILES string of the molecule is CCN(CC)c1cccc(C2(C)C(C(=O)OC)=CNC(C)C2(C)C(=O)OC)c1. The van der Waals surface area contributed by atoms with E-state index in [-0.39, 0.29) is 12.0 Å². The van der Waals surface area contributed by atoms with Crippen LogP contribution in [0.5, 0.6) is 0 Å². The predicted molar refractivity (Wildman–Crippen MR) is 110 cm³/mol. The molecular formula is C22H32N2O4. The average molecular weight is 389 g/mol. The van der Waals surface area contributed by atoms with Gasteiger partial charge in [-0.25, -0.2) is 4.79 Å². The largest absolute Gasteiger partial charge is 0.469 e. The summed E-state index contributed by atoms with van der Waals surface area (Å²) < 4.78 is 10.3. The highest BCUT2D eigenvalue weighted by Gasteiger charge is 2.60. The first-order chi connectivity index (χ1) is 13.2. The highest BCUT2D eigenvalue weighted by atomic mass is 16.5. The summed E-state index contributed by atoms with van der Waals surface area (Å²) in [5, 5.41) is 3.16. The maximum Gasteiger partial charge on any atom is 0.336 e. The molecule has 1 aliphatic rings. The number of methoxy groups -OCH3 is 2. The van der Waals surface area contributed by atoms with Crippen LogP contribution in [0, 0.1) is 5.41 Å². The zero-order valence-electron chi connectivity index (χ0n) is 18.0. The molecule has 3 atom stereocenters. The van der Waals surface area contributed by atoms with Crippen molar-refractivity contribution in [2.45, 2.75) is 46.1 Å². The molecule has 28 heavy (non-hydrogen) atoms. The lowest BCUT2D eigenvalue weighted by Crippen LogP contribution is -2.62. The molecule has 2 rings (SSSR count). The minimum atomic E-state index is -1.03. The number of nitrogens with zero attached hydrogens (tertiary/aromatic N) is 1. The van der Waals surface area contributed by atoms with Gasteiger partial charge in [-0.1, -0.05) is 12.1 Å². The van der Waals surface area contributed by atoms with Gasteiger partial charge in [-0.2, -0.15) is 0 Å². The first kappa shape index (κ1) is 21.8. The Bertz CT molecular complexity index is 772. The molecule has 0 aromatic heterocycles. The second-order valence-corrected chi connectivity index (χ2v) is 7.48. The van der Waals surface area contributed by atoms with Crippen molar-refractivity contribution in [1.29, 1.82) is 0 Å². The van der Waals surface area contributed by atoms with E-state index in [2.05, 4.69) is 30.1 Å². The maximum absolute atomic E-state index is 13.0. The number of anilines is 1. The lowest BCUT2D eigenvalue weighted by atomic mass is 9.54. The molecular weight excluding hydrogens is 356 g/mol. The molecule has 0 aliphatic carbocycles. The van der Waals surface area contributed by atoms with Crippen LogP contribution < -0.4 is 10.2 Å². The third kappa shape index (κ3) is 3.15. The normalized spacial score (nSPS) is 26.7. The van der Waals surface area contributed by atoms with Gasteiger partial charge in [0.05, 0.1) is 25.2 Å². The van der Waals surface area contributed by atoms with Crippen molar-refractivity contribution in [3.8, 4) is 0 Å². The summed E-state index contributed by atoms with van der Waals surface area (Å²) in [6.45, 7) is 11.6. The van der Waals surface area contributed by atoms with Gasteiger partial charge >= 0.3 is 11.9 Å². The zero-order valence-corrected chi connectivity index (χ0v) is 18.0. The summed E-state index contributed by atoms with van der Waals surface area (Å²) in [6.07, 6.45) is 1.67. The van der Waals surface area contributed by atoms with E-state index < -0.39 is 16.8 Å². The number of hydrogen-bond donors (Lipinski definition) is 1. The molecule has 6 nitrogen and oxygen atoms in total. The zero-order chi connectivity index (χ0) is 21.1. The van der Waals surface area contributed by atoms with E-state index in [1.54, 1.807) is 6.20 Å². The summed E-state index contributed by atoms with van der Waals surface area (Å²) in [6, 6.07) is 7.77. The number of carbonyl (C=O) groups excluding carboxylic acids is 2. The van der Waals surface area contributed by atoms with Gasteiger partial charge in [0.15, 0.2) is 0 Å². The molecule has 0 saturated carbocycles. The summed E-state index contributed by atoms with van der Waals surface area (Å²) in [4.78, 5) is 28.0. The molecule has 6 heteroatoms. The third-order valence-corrected chi connectivity index (χ3v) is 6.49. The fourth-order valence-electron chi connectivity index (χ4n) is 4.26. The molecule has 1 aromatic rings. The standard InChI is InChI=1S/C22H32N2O4/c1-8-24(9-2)17-12-10-11-16(13-17)22(5)18(19(25)27-6)14-23-15(3)21(22,4)20(26)28-7/h10-15,23H,8-9H2,1-7H3. The van der Waals surface area contributed by atoms with E-state index >= 15 is 0 Å². The predicted octanol–water partition coefficient (Wildman–Crippen LogP) is 3.02. The van der Waals surface area contributed by atoms with Gasteiger partial charge in [0.2, 0.25) is 0 Å². The number of hydrogen-bond acceptors (Lipinski definition) is 6. The van der Waals surface area contributed by atoms with E-state index in [0.29, 0.717) is 5.57 Å². The molecule has 0 amide bonds. The van der Waals surface area contributed by atoms with Crippen LogP contribution in [0.1, 0.15) is 40.2 Å². The smallest absolute Gasteiger partial charge is 0.336 e. The van der Waals surface area contributed by atoms with Gasteiger partial charge in [-0.05, 0) is 52.3 Å². The van der Waals surface area contributed by atoms with Crippen molar-refractivity contribution in [3.05, 3.63) is 41.6 Å². The Labute approximate surface area is 167 Å². The number of nitrogens with one attached hydrogen (secondary N) is 1. The number of ether oxygens (including phenoxy) is 2. The Hall–Kier alpha value is -2.50. The van der Waals surface area contributed by atoms with Crippen molar-refractivity contribution in [2.24, 2.45) is 5.41 Å². The molecule has 1 aliphatic heterocycles. The average Bonchev–Trinajstić information content (AvgIpc) is 2.72. The van der Waals surface area contributed by atoms with Crippen LogP contribution in [0.2, 0.25) is 0 Å². The van der Waals surface area contributed by atoms with E-state index in [1.807, 2.05) is 39.0 Å². The summed E-state index contributed by atoms with van der Waals surface area (Å²) in [5.74, 6) is -0.844. The Balaban J connectivity index is 2.79. The Morgan fingerprint density at radius 1 is 1.14 bits per heavy atom. The van der Waals surface area contributed by atoms with E-state index in [1.165, 1.54) is 14.2 Å². The Kier molecular flexibility index (Phi) is 6.42. The quantitative estimate of drug-likeness (QED) is 0.756. The summed E-state index contributed by atoms with van der Waals surface area (Å²) in [7, 11) is 2.73. The Morgan fingerprint density at radius 2 is 1.79 bits per heavy atom. The van der Waals surface area contributed by atoms with Crippen molar-refractivity contribution in [2.75, 3.05) is 32.2 Å². The van der Waals surface area contributed by atoms with Crippen LogP contribution in [0.25, 0.3) is 0 Å². The fraction of sp³-hybridized carbons (Fsp3) is 0.545.